The molecule has 0 radical (unpaired) electrons. The Hall–Kier alpha value is -4.71. The van der Waals surface area contributed by atoms with Crippen molar-refractivity contribution in [1.29, 1.82) is 0 Å². The van der Waals surface area contributed by atoms with E-state index >= 15 is 0 Å². The second-order valence-corrected chi connectivity index (χ2v) is 19.1. The first-order chi connectivity index (χ1) is 36.5. The van der Waals surface area contributed by atoms with E-state index in [-0.39, 0.29) is 31.1 Å². The summed E-state index contributed by atoms with van der Waals surface area (Å²) in [6.45, 7) is 6.30. The fourth-order valence-electron chi connectivity index (χ4n) is 7.65. The maximum Gasteiger partial charge on any atom is 0.306 e. The molecule has 0 saturated heterocycles. The molecule has 0 aliphatic heterocycles. The number of carbonyl (C=O) groups is 3. The topological polar surface area (TPSA) is 78.9 Å². The quantitative estimate of drug-likeness (QED) is 0.0261. The number of rotatable bonds is 52. The maximum atomic E-state index is 12.9. The lowest BCUT2D eigenvalue weighted by atomic mass is 10.1. The zero-order valence-electron chi connectivity index (χ0n) is 47.5. The molecule has 1 atom stereocenters. The van der Waals surface area contributed by atoms with Gasteiger partial charge in [-0.2, -0.15) is 0 Å². The lowest BCUT2D eigenvalue weighted by Crippen LogP contribution is -2.30. The Morgan fingerprint density at radius 2 is 0.527 bits per heavy atom. The molecule has 0 N–H and O–H groups in total. The number of hydrogen-bond acceptors (Lipinski definition) is 6. The molecular formula is C68H108O6. The van der Waals surface area contributed by atoms with Gasteiger partial charge in [0.25, 0.3) is 0 Å². The van der Waals surface area contributed by atoms with Crippen molar-refractivity contribution in [3.63, 3.8) is 0 Å². The van der Waals surface area contributed by atoms with Gasteiger partial charge in [-0.15, -0.1) is 0 Å². The Morgan fingerprint density at radius 3 is 0.838 bits per heavy atom. The maximum absolute atomic E-state index is 12.9. The highest BCUT2D eigenvalue weighted by Gasteiger charge is 2.19. The van der Waals surface area contributed by atoms with Crippen molar-refractivity contribution in [2.24, 2.45) is 0 Å². The van der Waals surface area contributed by atoms with Gasteiger partial charge in [-0.05, 0) is 135 Å². The number of carbonyl (C=O) groups excluding carboxylic acids is 3. The first-order valence-corrected chi connectivity index (χ1v) is 29.8. The van der Waals surface area contributed by atoms with Crippen molar-refractivity contribution >= 4 is 17.9 Å². The zero-order chi connectivity index (χ0) is 53.6. The lowest BCUT2D eigenvalue weighted by Gasteiger charge is -2.18. The third-order valence-corrected chi connectivity index (χ3v) is 12.0. The Kier molecular flexibility index (Phi) is 57.0. The SMILES string of the molecule is CC/C=C\C/C=C\C/C=C\C/C=C\C/C=C\C/C=C\CCCCCCCCC(=O)OCC(COC(=O)CCCCCCC/C=C\CCC)OC(=O)CCCCCCC/C=C\C/C=C\C/C=C\C/C=C\C/C=C\CC. The molecule has 0 spiro atoms. The minimum atomic E-state index is -0.805. The molecule has 0 saturated carbocycles. The number of esters is 3. The van der Waals surface area contributed by atoms with E-state index in [9.17, 15) is 14.4 Å². The van der Waals surface area contributed by atoms with Crippen LogP contribution in [0.15, 0.2) is 146 Å². The van der Waals surface area contributed by atoms with Gasteiger partial charge >= 0.3 is 17.9 Å². The van der Waals surface area contributed by atoms with Gasteiger partial charge in [-0.3, -0.25) is 14.4 Å². The Balaban J connectivity index is 4.39. The van der Waals surface area contributed by atoms with Crippen LogP contribution in [0.5, 0.6) is 0 Å². The molecule has 0 bridgehead atoms. The summed E-state index contributed by atoms with van der Waals surface area (Å²) in [6.07, 6.45) is 87.0. The number of ether oxygens (including phenoxy) is 3. The second-order valence-electron chi connectivity index (χ2n) is 19.1. The lowest BCUT2D eigenvalue weighted by molar-refractivity contribution is -0.167. The average Bonchev–Trinajstić information content (AvgIpc) is 3.40. The summed E-state index contributed by atoms with van der Waals surface area (Å²) in [5.74, 6) is -0.950. The highest BCUT2D eigenvalue weighted by Crippen LogP contribution is 2.14. The molecule has 0 aliphatic carbocycles. The first-order valence-electron chi connectivity index (χ1n) is 29.8. The van der Waals surface area contributed by atoms with Crippen molar-refractivity contribution in [3.8, 4) is 0 Å². The van der Waals surface area contributed by atoms with Crippen molar-refractivity contribution < 1.29 is 28.6 Å². The molecule has 0 aromatic carbocycles. The normalized spacial score (nSPS) is 13.2. The molecule has 416 valence electrons. The van der Waals surface area contributed by atoms with E-state index in [1.54, 1.807) is 0 Å². The first kappa shape index (κ1) is 69.3. The summed E-state index contributed by atoms with van der Waals surface area (Å²) in [5.41, 5.74) is 0. The molecule has 0 aliphatic rings. The van der Waals surface area contributed by atoms with Gasteiger partial charge in [0.2, 0.25) is 0 Å². The van der Waals surface area contributed by atoms with Gasteiger partial charge in [0.1, 0.15) is 13.2 Å². The fourth-order valence-corrected chi connectivity index (χ4v) is 7.65. The molecular weight excluding hydrogens is 913 g/mol. The van der Waals surface area contributed by atoms with Crippen LogP contribution < -0.4 is 0 Å². The van der Waals surface area contributed by atoms with Gasteiger partial charge in [0, 0.05) is 19.3 Å². The van der Waals surface area contributed by atoms with E-state index in [2.05, 4.69) is 167 Å². The Bertz CT molecular complexity index is 1640. The third kappa shape index (κ3) is 58.2. The number of allylic oxidation sites excluding steroid dienone is 24. The predicted molar refractivity (Wildman–Crippen MR) is 320 cm³/mol. The minimum absolute atomic E-state index is 0.101. The summed E-state index contributed by atoms with van der Waals surface area (Å²) < 4.78 is 16.8. The molecule has 0 fully saturated rings. The summed E-state index contributed by atoms with van der Waals surface area (Å²) in [7, 11) is 0. The van der Waals surface area contributed by atoms with E-state index in [0.29, 0.717) is 19.3 Å². The van der Waals surface area contributed by atoms with Gasteiger partial charge < -0.3 is 14.2 Å². The number of hydrogen-bond donors (Lipinski definition) is 0. The van der Waals surface area contributed by atoms with E-state index in [1.165, 1.54) is 25.7 Å². The van der Waals surface area contributed by atoms with Crippen molar-refractivity contribution in [2.45, 2.75) is 252 Å². The minimum Gasteiger partial charge on any atom is -0.462 e. The van der Waals surface area contributed by atoms with Gasteiger partial charge in [0.05, 0.1) is 0 Å². The fraction of sp³-hybridized carbons (Fsp3) is 0.603. The molecule has 0 aromatic rings. The zero-order valence-corrected chi connectivity index (χ0v) is 47.5. The van der Waals surface area contributed by atoms with Crippen molar-refractivity contribution in [2.75, 3.05) is 13.2 Å². The standard InChI is InChI=1S/C68H108O6/c1-4-7-10-13-16-19-22-24-26-28-30-32-33-34-35-37-38-40-42-44-46-49-52-55-58-61-67(70)73-64-65(63-72-66(69)60-57-54-51-48-21-18-15-12-9-6-3)74-68(71)62-59-56-53-50-47-45-43-41-39-36-31-29-27-25-23-20-17-14-11-8-5-2/h7-8,10-12,15-17,19-20,24-27,30-32,34-36,38,40-41,43,65H,4-6,9,13-14,18,21-23,28-29,33,37,39,42,44-64H2,1-3H3/b10-7-,11-8-,15-12-,19-16-,20-17-,26-24-,27-25-,32-30-,35-34-,36-31-,40-38-,43-41-. The van der Waals surface area contributed by atoms with Crippen LogP contribution in [0.3, 0.4) is 0 Å². The summed E-state index contributed by atoms with van der Waals surface area (Å²) >= 11 is 0. The summed E-state index contributed by atoms with van der Waals surface area (Å²) in [6, 6.07) is 0. The number of unbranched alkanes of at least 4 members (excludes halogenated alkanes) is 17. The molecule has 74 heavy (non-hydrogen) atoms. The van der Waals surface area contributed by atoms with Gasteiger partial charge in [-0.1, -0.05) is 237 Å². The summed E-state index contributed by atoms with van der Waals surface area (Å²) in [5, 5.41) is 0. The highest BCUT2D eigenvalue weighted by molar-refractivity contribution is 5.71. The smallest absolute Gasteiger partial charge is 0.306 e. The molecule has 1 unspecified atom stereocenters. The van der Waals surface area contributed by atoms with Crippen molar-refractivity contribution in [1.82, 2.24) is 0 Å². The highest BCUT2D eigenvalue weighted by atomic mass is 16.6. The van der Waals surface area contributed by atoms with Crippen LogP contribution >= 0.6 is 0 Å². The van der Waals surface area contributed by atoms with Crippen LogP contribution in [0, 0.1) is 0 Å². The van der Waals surface area contributed by atoms with Crippen molar-refractivity contribution in [3.05, 3.63) is 146 Å². The van der Waals surface area contributed by atoms with Gasteiger partial charge in [0.15, 0.2) is 6.10 Å². The predicted octanol–water partition coefficient (Wildman–Crippen LogP) is 20.4. The van der Waals surface area contributed by atoms with E-state index in [1.807, 2.05) is 0 Å². The Morgan fingerprint density at radius 1 is 0.284 bits per heavy atom. The third-order valence-electron chi connectivity index (χ3n) is 12.0. The average molecular weight is 1020 g/mol. The van der Waals surface area contributed by atoms with Crippen LogP contribution in [0.4, 0.5) is 0 Å². The van der Waals surface area contributed by atoms with Gasteiger partial charge in [-0.25, -0.2) is 0 Å². The second kappa shape index (κ2) is 60.8. The molecule has 0 aromatic heterocycles. The molecule has 0 amide bonds. The van der Waals surface area contributed by atoms with Crippen LogP contribution in [-0.4, -0.2) is 37.2 Å². The van der Waals surface area contributed by atoms with Crippen LogP contribution in [0.1, 0.15) is 245 Å². The molecule has 0 heterocycles. The van der Waals surface area contributed by atoms with Crippen LogP contribution in [0.2, 0.25) is 0 Å². The van der Waals surface area contributed by atoms with Crippen LogP contribution in [0.25, 0.3) is 0 Å². The Labute approximate surface area is 455 Å². The molecule has 0 rings (SSSR count). The molecule has 6 heteroatoms. The van der Waals surface area contributed by atoms with E-state index < -0.39 is 6.10 Å². The van der Waals surface area contributed by atoms with E-state index in [4.69, 9.17) is 14.2 Å². The van der Waals surface area contributed by atoms with Crippen LogP contribution in [-0.2, 0) is 28.6 Å². The molecule has 6 nitrogen and oxygen atoms in total. The summed E-state index contributed by atoms with van der Waals surface area (Å²) in [4.78, 5) is 38.2. The largest absolute Gasteiger partial charge is 0.462 e. The van der Waals surface area contributed by atoms with E-state index in [0.717, 1.165) is 180 Å². The monoisotopic (exact) mass is 1020 g/mol.